The van der Waals surface area contributed by atoms with Crippen molar-refractivity contribution in [3.05, 3.63) is 0 Å². The first-order valence-corrected chi connectivity index (χ1v) is 7.37. The Hall–Kier alpha value is -0.0400. The molecule has 0 amide bonds. The summed E-state index contributed by atoms with van der Waals surface area (Å²) in [5.41, 5.74) is 1.54. The van der Waals surface area contributed by atoms with Crippen LogP contribution in [0.1, 0.15) is 52.9 Å². The van der Waals surface area contributed by atoms with E-state index in [1.807, 2.05) is 0 Å². The first-order valence-electron chi connectivity index (χ1n) is 7.37. The highest BCUT2D eigenvalue weighted by Gasteiger charge is 2.89. The molecule has 3 rings (SSSR count). The van der Waals surface area contributed by atoms with Gasteiger partial charge in [-0.2, -0.15) is 0 Å². The van der Waals surface area contributed by atoms with Crippen LogP contribution in [0.2, 0.25) is 0 Å². The molecule has 3 unspecified atom stereocenters. The van der Waals surface area contributed by atoms with Crippen molar-refractivity contribution in [2.24, 2.45) is 17.3 Å². The second kappa shape index (κ2) is 3.04. The van der Waals surface area contributed by atoms with Gasteiger partial charge in [0.25, 0.3) is 0 Å². The van der Waals surface area contributed by atoms with Gasteiger partial charge in [0.05, 0.1) is 7.05 Å². The summed E-state index contributed by atoms with van der Waals surface area (Å²) < 4.78 is 1.44. The summed E-state index contributed by atoms with van der Waals surface area (Å²) in [6.07, 6.45) is 7.49. The van der Waals surface area contributed by atoms with Crippen LogP contribution in [0, 0.1) is 17.3 Å². The summed E-state index contributed by atoms with van der Waals surface area (Å²) >= 11 is 0. The van der Waals surface area contributed by atoms with Gasteiger partial charge in [-0.25, -0.2) is 0 Å². The minimum atomic E-state index is 0.742. The van der Waals surface area contributed by atoms with E-state index in [2.05, 4.69) is 27.8 Å². The molecule has 1 heterocycles. The third-order valence-electron chi connectivity index (χ3n) is 6.16. The fourth-order valence-electron chi connectivity index (χ4n) is 5.52. The monoisotopic (exact) mass is 222 g/mol. The van der Waals surface area contributed by atoms with Crippen molar-refractivity contribution >= 4 is 0 Å². The van der Waals surface area contributed by atoms with E-state index in [0.717, 1.165) is 22.8 Å². The predicted octanol–water partition coefficient (Wildman–Crippen LogP) is 3.44. The van der Waals surface area contributed by atoms with Gasteiger partial charge in [-0.1, -0.05) is 27.2 Å². The molecule has 0 aromatic heterocycles. The maximum Gasteiger partial charge on any atom is 0.129 e. The molecule has 0 aromatic rings. The average Bonchev–Trinajstić information content (AvgIpc) is 2.99. The van der Waals surface area contributed by atoms with E-state index in [1.54, 1.807) is 12.8 Å². The van der Waals surface area contributed by atoms with E-state index in [0.29, 0.717) is 0 Å². The van der Waals surface area contributed by atoms with Crippen molar-refractivity contribution in [2.75, 3.05) is 20.1 Å². The molecule has 1 nitrogen and oxygen atoms in total. The van der Waals surface area contributed by atoms with Gasteiger partial charge in [0, 0.05) is 17.8 Å². The summed E-state index contributed by atoms with van der Waals surface area (Å²) in [4.78, 5) is 0. The number of hydrogen-bond donors (Lipinski definition) is 0. The van der Waals surface area contributed by atoms with E-state index in [9.17, 15) is 0 Å². The number of rotatable bonds is 5. The van der Waals surface area contributed by atoms with Crippen molar-refractivity contribution in [1.29, 1.82) is 0 Å². The lowest BCUT2D eigenvalue weighted by atomic mass is 9.77. The van der Waals surface area contributed by atoms with Crippen molar-refractivity contribution < 1.29 is 4.48 Å². The van der Waals surface area contributed by atoms with Crippen molar-refractivity contribution in [3.63, 3.8) is 0 Å². The Labute approximate surface area is 101 Å². The van der Waals surface area contributed by atoms with Crippen molar-refractivity contribution in [3.8, 4) is 0 Å². The van der Waals surface area contributed by atoms with Crippen molar-refractivity contribution in [2.45, 2.75) is 58.4 Å². The summed E-state index contributed by atoms with van der Waals surface area (Å²) in [7, 11) is 2.54. The maximum absolute atomic E-state index is 2.54. The molecule has 1 heteroatoms. The van der Waals surface area contributed by atoms with Crippen LogP contribution in [0.5, 0.6) is 0 Å². The molecule has 3 atom stereocenters. The average molecular weight is 222 g/mol. The van der Waals surface area contributed by atoms with E-state index < -0.39 is 0 Å². The third kappa shape index (κ3) is 1.02. The van der Waals surface area contributed by atoms with E-state index >= 15 is 0 Å². The second-order valence-corrected chi connectivity index (χ2v) is 7.36. The Morgan fingerprint density at radius 2 is 2.00 bits per heavy atom. The molecule has 0 bridgehead atoms. The predicted molar refractivity (Wildman–Crippen MR) is 68.2 cm³/mol. The molecule has 0 N–H and O–H groups in total. The van der Waals surface area contributed by atoms with Gasteiger partial charge in [0.1, 0.15) is 18.6 Å². The molecule has 0 spiro atoms. The minimum absolute atomic E-state index is 0.742. The Morgan fingerprint density at radius 1 is 1.31 bits per heavy atom. The van der Waals surface area contributed by atoms with Gasteiger partial charge < -0.3 is 4.48 Å². The molecule has 2 aliphatic carbocycles. The Balaban J connectivity index is 1.86. The molecule has 16 heavy (non-hydrogen) atoms. The fraction of sp³-hybridized carbons (Fsp3) is 1.00. The molecule has 1 saturated heterocycles. The molecule has 92 valence electrons. The van der Waals surface area contributed by atoms with Crippen LogP contribution in [0.3, 0.4) is 0 Å². The molecule has 1 aliphatic heterocycles. The molecule has 2 saturated carbocycles. The SMILES string of the molecule is CCCC1([N+]2(C)CC2)C2CCC21CC(C)C. The summed E-state index contributed by atoms with van der Waals surface area (Å²) in [5, 5.41) is 0. The van der Waals surface area contributed by atoms with Crippen LogP contribution in [0.4, 0.5) is 0 Å². The highest BCUT2D eigenvalue weighted by atomic mass is 15.5. The highest BCUT2D eigenvalue weighted by Crippen LogP contribution is 2.83. The van der Waals surface area contributed by atoms with Crippen LogP contribution in [-0.4, -0.2) is 30.2 Å². The quantitative estimate of drug-likeness (QED) is 0.494. The smallest absolute Gasteiger partial charge is 0.129 e. The zero-order valence-corrected chi connectivity index (χ0v) is 11.6. The maximum atomic E-state index is 2.54. The number of nitrogens with zero attached hydrogens (tertiary/aromatic N) is 1. The molecular weight excluding hydrogens is 194 g/mol. The molecule has 0 radical (unpaired) electrons. The van der Waals surface area contributed by atoms with E-state index in [1.165, 1.54) is 36.8 Å². The lowest BCUT2D eigenvalue weighted by molar-refractivity contribution is -0.825. The van der Waals surface area contributed by atoms with Gasteiger partial charge in [0.2, 0.25) is 0 Å². The standard InChI is InChI=1S/C15H28N/c1-5-7-15(16(4)9-10-16)13-6-8-14(13,15)11-12(2)3/h12-13H,5-11H2,1-4H3/q+1. The number of likely N-dealkylation sites (N-methyl/N-ethyl adjacent to an activating group) is 1. The zero-order chi connectivity index (χ0) is 11.6. The first kappa shape index (κ1) is 11.1. The van der Waals surface area contributed by atoms with Crippen LogP contribution >= 0.6 is 0 Å². The van der Waals surface area contributed by atoms with Gasteiger partial charge in [-0.15, -0.1) is 0 Å². The summed E-state index contributed by atoms with van der Waals surface area (Å²) in [6, 6.07) is 0. The zero-order valence-electron chi connectivity index (χ0n) is 11.6. The molecule has 0 aromatic carbocycles. The Morgan fingerprint density at radius 3 is 2.38 bits per heavy atom. The van der Waals surface area contributed by atoms with Crippen molar-refractivity contribution in [1.82, 2.24) is 0 Å². The Bertz CT molecular complexity index is 305. The summed E-state index contributed by atoms with van der Waals surface area (Å²) in [5.74, 6) is 2.00. The lowest BCUT2D eigenvalue weighted by Gasteiger charge is -2.32. The fourth-order valence-corrected chi connectivity index (χ4v) is 5.52. The molecule has 3 fully saturated rings. The first-order chi connectivity index (χ1) is 7.52. The van der Waals surface area contributed by atoms with E-state index in [-0.39, 0.29) is 0 Å². The molecule has 3 aliphatic rings. The summed E-state index contributed by atoms with van der Waals surface area (Å²) in [6.45, 7) is 10.2. The van der Waals surface area contributed by atoms with Crippen LogP contribution in [-0.2, 0) is 0 Å². The molecular formula is C15H28N+. The van der Waals surface area contributed by atoms with Crippen LogP contribution in [0.25, 0.3) is 0 Å². The lowest BCUT2D eigenvalue weighted by Crippen LogP contribution is -2.41. The van der Waals surface area contributed by atoms with Crippen LogP contribution < -0.4 is 0 Å². The number of fused-ring (bicyclic) bond motifs is 1. The van der Waals surface area contributed by atoms with Gasteiger partial charge in [0.15, 0.2) is 0 Å². The topological polar surface area (TPSA) is 0 Å². The van der Waals surface area contributed by atoms with E-state index in [4.69, 9.17) is 0 Å². The van der Waals surface area contributed by atoms with Gasteiger partial charge in [-0.3, -0.25) is 0 Å². The number of hydrogen-bond acceptors (Lipinski definition) is 0. The van der Waals surface area contributed by atoms with Gasteiger partial charge >= 0.3 is 0 Å². The highest BCUT2D eigenvalue weighted by molar-refractivity contribution is 5.30. The number of quaternary nitrogens is 1. The third-order valence-corrected chi connectivity index (χ3v) is 6.16. The Kier molecular flexibility index (Phi) is 2.11. The second-order valence-electron chi connectivity index (χ2n) is 7.36. The van der Waals surface area contributed by atoms with Gasteiger partial charge in [-0.05, 0) is 25.2 Å². The minimum Gasteiger partial charge on any atom is -0.311 e. The van der Waals surface area contributed by atoms with Crippen LogP contribution in [0.15, 0.2) is 0 Å². The largest absolute Gasteiger partial charge is 0.311 e. The normalized spacial score (nSPS) is 47.4.